The van der Waals surface area contributed by atoms with Crippen LogP contribution in [0.1, 0.15) is 38.5 Å². The van der Waals surface area contributed by atoms with Crippen molar-refractivity contribution in [3.05, 3.63) is 0 Å². The predicted molar refractivity (Wildman–Crippen MR) is 78.1 cm³/mol. The van der Waals surface area contributed by atoms with Crippen LogP contribution in [-0.2, 0) is 4.79 Å². The van der Waals surface area contributed by atoms with Gasteiger partial charge >= 0.3 is 0 Å². The smallest absolute Gasteiger partial charge is 0.222 e. The lowest BCUT2D eigenvalue weighted by Gasteiger charge is -2.35. The van der Waals surface area contributed by atoms with Gasteiger partial charge in [-0.3, -0.25) is 4.79 Å². The molecule has 110 valence electrons. The van der Waals surface area contributed by atoms with E-state index in [0.29, 0.717) is 23.9 Å². The van der Waals surface area contributed by atoms with Gasteiger partial charge < -0.3 is 15.1 Å². The molecule has 0 spiro atoms. The van der Waals surface area contributed by atoms with Crippen LogP contribution in [0.25, 0.3) is 0 Å². The molecule has 1 saturated heterocycles. The van der Waals surface area contributed by atoms with Crippen molar-refractivity contribution >= 4 is 5.91 Å². The number of nitrogens with zero attached hydrogens (tertiary/aromatic N) is 2. The number of carbonyl (C=O) groups excluding carboxylic acids is 1. The predicted octanol–water partition coefficient (Wildman–Crippen LogP) is 1.32. The Balaban J connectivity index is 1.76. The first-order valence-corrected chi connectivity index (χ1v) is 7.71. The third-order valence-electron chi connectivity index (χ3n) is 5.00. The quantitative estimate of drug-likeness (QED) is 0.834. The van der Waals surface area contributed by atoms with Crippen molar-refractivity contribution in [3.8, 4) is 0 Å². The van der Waals surface area contributed by atoms with Crippen molar-refractivity contribution in [2.45, 2.75) is 50.6 Å². The molecule has 1 unspecified atom stereocenters. The van der Waals surface area contributed by atoms with E-state index in [0.717, 1.165) is 32.4 Å². The minimum absolute atomic E-state index is 0.355. The van der Waals surface area contributed by atoms with Crippen LogP contribution in [0.5, 0.6) is 0 Å². The van der Waals surface area contributed by atoms with Crippen LogP contribution in [0, 0.1) is 5.92 Å². The first-order valence-electron chi connectivity index (χ1n) is 7.71. The Morgan fingerprint density at radius 1 is 1.26 bits per heavy atom. The molecule has 19 heavy (non-hydrogen) atoms. The third kappa shape index (κ3) is 3.93. The molecular weight excluding hydrogens is 238 g/mol. The van der Waals surface area contributed by atoms with Crippen molar-refractivity contribution in [2.24, 2.45) is 5.92 Å². The van der Waals surface area contributed by atoms with E-state index in [-0.39, 0.29) is 0 Å². The summed E-state index contributed by atoms with van der Waals surface area (Å²) in [6.45, 7) is 2.24. The standard InChI is InChI=1S/C15H29N3O/c1-16-13-4-6-14(7-5-13)18(3)15(19)10-12-8-9-17(2)11-12/h12-14,16H,4-11H2,1-3H3. The SMILES string of the molecule is CNC1CCC(N(C)C(=O)CC2CCN(C)C2)CC1. The van der Waals surface area contributed by atoms with E-state index in [1.807, 2.05) is 19.0 Å². The summed E-state index contributed by atoms with van der Waals surface area (Å²) >= 11 is 0. The van der Waals surface area contributed by atoms with Gasteiger partial charge in [0.25, 0.3) is 0 Å². The molecule has 2 fully saturated rings. The maximum Gasteiger partial charge on any atom is 0.222 e. The van der Waals surface area contributed by atoms with Gasteiger partial charge in [0.05, 0.1) is 0 Å². The molecule has 1 amide bonds. The molecule has 1 saturated carbocycles. The molecule has 1 heterocycles. The Hall–Kier alpha value is -0.610. The molecule has 0 aromatic heterocycles. The lowest BCUT2D eigenvalue weighted by atomic mass is 9.90. The molecule has 4 heteroatoms. The summed E-state index contributed by atoms with van der Waals surface area (Å²) in [6.07, 6.45) is 6.63. The lowest BCUT2D eigenvalue weighted by Crippen LogP contribution is -2.43. The van der Waals surface area contributed by atoms with Gasteiger partial charge in [-0.25, -0.2) is 0 Å². The van der Waals surface area contributed by atoms with Gasteiger partial charge in [-0.15, -0.1) is 0 Å². The maximum atomic E-state index is 12.3. The van der Waals surface area contributed by atoms with E-state index in [1.165, 1.54) is 19.3 Å². The number of amides is 1. The van der Waals surface area contributed by atoms with Crippen LogP contribution in [0.3, 0.4) is 0 Å². The Kier molecular flexibility index (Phi) is 5.22. The van der Waals surface area contributed by atoms with Crippen LogP contribution in [-0.4, -0.2) is 62.0 Å². The fraction of sp³-hybridized carbons (Fsp3) is 0.933. The van der Waals surface area contributed by atoms with Gasteiger partial charge in [-0.1, -0.05) is 0 Å². The lowest BCUT2D eigenvalue weighted by molar-refractivity contribution is -0.133. The van der Waals surface area contributed by atoms with Crippen LogP contribution in [0.15, 0.2) is 0 Å². The molecule has 1 atom stereocenters. The molecule has 1 aliphatic heterocycles. The van der Waals surface area contributed by atoms with E-state index in [9.17, 15) is 4.79 Å². The van der Waals surface area contributed by atoms with Crippen molar-refractivity contribution < 1.29 is 4.79 Å². The second-order valence-corrected chi connectivity index (χ2v) is 6.42. The Bertz CT molecular complexity index is 300. The summed E-state index contributed by atoms with van der Waals surface area (Å²) in [5.41, 5.74) is 0. The Morgan fingerprint density at radius 2 is 1.95 bits per heavy atom. The first kappa shape index (κ1) is 14.8. The molecule has 0 aromatic rings. The number of carbonyl (C=O) groups is 1. The molecule has 0 bridgehead atoms. The molecular formula is C15H29N3O. The average molecular weight is 267 g/mol. The van der Waals surface area contributed by atoms with Crippen molar-refractivity contribution in [3.63, 3.8) is 0 Å². The van der Waals surface area contributed by atoms with E-state index in [1.54, 1.807) is 0 Å². The van der Waals surface area contributed by atoms with Gasteiger partial charge in [0.15, 0.2) is 0 Å². The number of hydrogen-bond donors (Lipinski definition) is 1. The van der Waals surface area contributed by atoms with Crippen LogP contribution < -0.4 is 5.32 Å². The summed E-state index contributed by atoms with van der Waals surface area (Å²) in [5, 5.41) is 3.35. The van der Waals surface area contributed by atoms with Gasteiger partial charge in [-0.05, 0) is 58.7 Å². The zero-order valence-electron chi connectivity index (χ0n) is 12.7. The number of likely N-dealkylation sites (tertiary alicyclic amines) is 1. The molecule has 0 radical (unpaired) electrons. The van der Waals surface area contributed by atoms with Crippen LogP contribution >= 0.6 is 0 Å². The van der Waals surface area contributed by atoms with Crippen molar-refractivity contribution in [1.29, 1.82) is 0 Å². The van der Waals surface area contributed by atoms with Gasteiger partial charge in [0.1, 0.15) is 0 Å². The Labute approximate surface area is 117 Å². The first-order chi connectivity index (χ1) is 9.10. The number of rotatable bonds is 4. The van der Waals surface area contributed by atoms with E-state index in [2.05, 4.69) is 17.3 Å². The summed E-state index contributed by atoms with van der Waals surface area (Å²) in [5.74, 6) is 0.932. The molecule has 0 aromatic carbocycles. The highest BCUT2D eigenvalue weighted by molar-refractivity contribution is 5.76. The minimum Gasteiger partial charge on any atom is -0.343 e. The highest BCUT2D eigenvalue weighted by atomic mass is 16.2. The zero-order chi connectivity index (χ0) is 13.8. The monoisotopic (exact) mass is 267 g/mol. The van der Waals surface area contributed by atoms with Gasteiger partial charge in [0.2, 0.25) is 5.91 Å². The minimum atomic E-state index is 0.355. The fourth-order valence-electron chi connectivity index (χ4n) is 3.54. The van der Waals surface area contributed by atoms with Gasteiger partial charge in [0, 0.05) is 32.1 Å². The molecule has 4 nitrogen and oxygen atoms in total. The highest BCUT2D eigenvalue weighted by Gasteiger charge is 2.28. The Morgan fingerprint density at radius 3 is 2.47 bits per heavy atom. The average Bonchev–Trinajstić information content (AvgIpc) is 2.83. The second-order valence-electron chi connectivity index (χ2n) is 6.42. The summed E-state index contributed by atoms with van der Waals surface area (Å²) < 4.78 is 0. The molecule has 1 N–H and O–H groups in total. The van der Waals surface area contributed by atoms with E-state index < -0.39 is 0 Å². The van der Waals surface area contributed by atoms with Crippen LogP contribution in [0.2, 0.25) is 0 Å². The van der Waals surface area contributed by atoms with E-state index in [4.69, 9.17) is 0 Å². The normalized spacial score (nSPS) is 32.5. The summed E-state index contributed by atoms with van der Waals surface area (Å²) in [6, 6.07) is 1.12. The topological polar surface area (TPSA) is 35.6 Å². The number of nitrogens with one attached hydrogen (secondary N) is 1. The molecule has 2 rings (SSSR count). The molecule has 1 aliphatic carbocycles. The van der Waals surface area contributed by atoms with E-state index >= 15 is 0 Å². The maximum absolute atomic E-state index is 12.3. The molecule has 2 aliphatic rings. The van der Waals surface area contributed by atoms with Crippen molar-refractivity contribution in [1.82, 2.24) is 15.1 Å². The highest BCUT2D eigenvalue weighted by Crippen LogP contribution is 2.24. The van der Waals surface area contributed by atoms with Crippen molar-refractivity contribution in [2.75, 3.05) is 34.2 Å². The summed E-state index contributed by atoms with van der Waals surface area (Å²) in [4.78, 5) is 16.7. The number of hydrogen-bond acceptors (Lipinski definition) is 3. The summed E-state index contributed by atoms with van der Waals surface area (Å²) in [7, 11) is 6.19. The largest absolute Gasteiger partial charge is 0.343 e. The second kappa shape index (κ2) is 6.71. The van der Waals surface area contributed by atoms with Gasteiger partial charge in [-0.2, -0.15) is 0 Å². The third-order valence-corrected chi connectivity index (χ3v) is 5.00. The fourth-order valence-corrected chi connectivity index (χ4v) is 3.54. The van der Waals surface area contributed by atoms with Crippen LogP contribution in [0.4, 0.5) is 0 Å². The zero-order valence-corrected chi connectivity index (χ0v) is 12.7.